The first-order valence-electron chi connectivity index (χ1n) is 27.2. The Hall–Kier alpha value is -2.14. The molecule has 0 aromatic carbocycles. The first kappa shape index (κ1) is 59.9. The lowest BCUT2D eigenvalue weighted by Gasteiger charge is -2.18. The fraction of sp³-hybridized carbons (Fsp3) is 0.825. The van der Waals surface area contributed by atoms with E-state index in [0.29, 0.717) is 19.4 Å². The second-order valence-corrected chi connectivity index (χ2v) is 18.1. The molecule has 0 rings (SSSR count). The van der Waals surface area contributed by atoms with Crippen LogP contribution in [0, 0.1) is 0 Å². The van der Waals surface area contributed by atoms with E-state index in [2.05, 4.69) is 69.4 Å². The van der Waals surface area contributed by atoms with Crippen LogP contribution in [0.4, 0.5) is 0 Å². The highest BCUT2D eigenvalue weighted by Gasteiger charge is 2.17. The van der Waals surface area contributed by atoms with E-state index in [9.17, 15) is 9.59 Å². The molecule has 0 aromatic rings. The van der Waals surface area contributed by atoms with Crippen LogP contribution in [0.25, 0.3) is 0 Å². The highest BCUT2D eigenvalue weighted by atomic mass is 16.6. The Bertz CT molecular complexity index is 1030. The lowest BCUT2D eigenvalue weighted by molar-refractivity contribution is -0.163. The van der Waals surface area contributed by atoms with Gasteiger partial charge in [-0.1, -0.05) is 256 Å². The molecule has 0 aromatic heterocycles. The Labute approximate surface area is 386 Å². The number of ether oxygens (including phenoxy) is 3. The van der Waals surface area contributed by atoms with Crippen molar-refractivity contribution in [2.45, 2.75) is 284 Å². The van der Waals surface area contributed by atoms with Gasteiger partial charge in [0.2, 0.25) is 0 Å². The zero-order valence-corrected chi connectivity index (χ0v) is 41.6. The molecule has 0 N–H and O–H groups in total. The summed E-state index contributed by atoms with van der Waals surface area (Å²) in [5, 5.41) is 0. The molecular weight excluding hydrogens is 765 g/mol. The van der Waals surface area contributed by atoms with Gasteiger partial charge in [0, 0.05) is 19.4 Å². The molecule has 0 saturated carbocycles. The van der Waals surface area contributed by atoms with Crippen LogP contribution in [-0.2, 0) is 23.8 Å². The molecule has 0 radical (unpaired) electrons. The van der Waals surface area contributed by atoms with Crippen LogP contribution < -0.4 is 0 Å². The average molecular weight is 869 g/mol. The summed E-state index contributed by atoms with van der Waals surface area (Å²) in [6.07, 6.45) is 65.5. The molecule has 0 heterocycles. The predicted molar refractivity (Wildman–Crippen MR) is 270 cm³/mol. The molecule has 62 heavy (non-hydrogen) atoms. The number of rotatable bonds is 50. The van der Waals surface area contributed by atoms with E-state index in [1.54, 1.807) is 0 Å². The topological polar surface area (TPSA) is 61.8 Å². The minimum atomic E-state index is -0.548. The van der Waals surface area contributed by atoms with Gasteiger partial charge in [-0.05, 0) is 57.8 Å². The number of esters is 2. The van der Waals surface area contributed by atoms with E-state index in [1.165, 1.54) is 173 Å². The third kappa shape index (κ3) is 50.5. The number of hydrogen-bond donors (Lipinski definition) is 0. The maximum absolute atomic E-state index is 12.8. The largest absolute Gasteiger partial charge is 0.462 e. The Balaban J connectivity index is 4.29. The third-order valence-corrected chi connectivity index (χ3v) is 11.9. The third-order valence-electron chi connectivity index (χ3n) is 11.9. The van der Waals surface area contributed by atoms with Crippen LogP contribution in [0.2, 0.25) is 0 Å². The van der Waals surface area contributed by atoms with E-state index < -0.39 is 6.10 Å². The Morgan fingerprint density at radius 2 is 0.726 bits per heavy atom. The van der Waals surface area contributed by atoms with E-state index in [0.717, 1.165) is 70.6 Å². The second kappa shape index (κ2) is 53.2. The number of carbonyl (C=O) groups is 2. The molecule has 0 aliphatic carbocycles. The van der Waals surface area contributed by atoms with Crippen molar-refractivity contribution >= 4 is 11.9 Å². The molecule has 0 bridgehead atoms. The first-order valence-corrected chi connectivity index (χ1v) is 27.2. The molecule has 0 aliphatic heterocycles. The molecule has 0 fully saturated rings. The monoisotopic (exact) mass is 869 g/mol. The highest BCUT2D eigenvalue weighted by molar-refractivity contribution is 5.70. The fourth-order valence-corrected chi connectivity index (χ4v) is 7.86. The standard InChI is InChI=1S/C57H104O5/c1-4-7-10-13-16-19-22-25-28-31-34-37-40-43-46-49-52-60-53-55(62-57(59)51-48-45-42-39-36-33-30-27-24-21-18-15-12-9-6-3)54-61-56(58)50-47-44-41-38-35-32-29-26-23-20-17-14-11-8-5-2/h8,11,17,20,26,29,35,38,55H,4-7,9-10,12-16,18-19,21-25,27-28,30-34,36-37,39-54H2,1-3H3/b11-8-,20-17-,29-26-,38-35-/t55-/m1/s1. The smallest absolute Gasteiger partial charge is 0.306 e. The summed E-state index contributed by atoms with van der Waals surface area (Å²) in [4.78, 5) is 25.4. The summed E-state index contributed by atoms with van der Waals surface area (Å²) < 4.78 is 17.4. The van der Waals surface area contributed by atoms with E-state index in [1.807, 2.05) is 0 Å². The molecule has 0 saturated heterocycles. The zero-order chi connectivity index (χ0) is 44.9. The van der Waals surface area contributed by atoms with Crippen molar-refractivity contribution in [1.82, 2.24) is 0 Å². The minimum Gasteiger partial charge on any atom is -0.462 e. The van der Waals surface area contributed by atoms with Gasteiger partial charge in [0.05, 0.1) is 6.61 Å². The van der Waals surface area contributed by atoms with Gasteiger partial charge in [-0.3, -0.25) is 9.59 Å². The predicted octanol–water partition coefficient (Wildman–Crippen LogP) is 18.3. The lowest BCUT2D eigenvalue weighted by Crippen LogP contribution is -2.30. The number of unbranched alkanes of at least 4 members (excludes halogenated alkanes) is 31. The number of carbonyl (C=O) groups excluding carboxylic acids is 2. The SMILES string of the molecule is CC/C=C\C/C=C\C/C=C\C/C=C\CCCCC(=O)OC[C@@H](COCCCCCCCCCCCCCCCCCC)OC(=O)CCCCCCCCCCCCCCCCC. The second-order valence-electron chi connectivity index (χ2n) is 18.1. The molecule has 1 atom stereocenters. The van der Waals surface area contributed by atoms with Crippen LogP contribution in [0.5, 0.6) is 0 Å². The molecule has 5 heteroatoms. The maximum atomic E-state index is 12.8. The van der Waals surface area contributed by atoms with Crippen molar-refractivity contribution in [3.63, 3.8) is 0 Å². The summed E-state index contributed by atoms with van der Waals surface area (Å²) in [5.74, 6) is -0.430. The summed E-state index contributed by atoms with van der Waals surface area (Å²) in [6.45, 7) is 7.72. The van der Waals surface area contributed by atoms with Gasteiger partial charge in [0.15, 0.2) is 6.10 Å². The van der Waals surface area contributed by atoms with Gasteiger partial charge in [0.1, 0.15) is 6.61 Å². The average Bonchev–Trinajstić information content (AvgIpc) is 3.27. The van der Waals surface area contributed by atoms with Crippen LogP contribution in [-0.4, -0.2) is 37.9 Å². The molecule has 5 nitrogen and oxygen atoms in total. The fourth-order valence-electron chi connectivity index (χ4n) is 7.86. The van der Waals surface area contributed by atoms with E-state index in [4.69, 9.17) is 14.2 Å². The normalized spacial score (nSPS) is 12.5. The maximum Gasteiger partial charge on any atom is 0.306 e. The zero-order valence-electron chi connectivity index (χ0n) is 41.6. The summed E-state index contributed by atoms with van der Waals surface area (Å²) in [7, 11) is 0. The Morgan fingerprint density at radius 1 is 0.371 bits per heavy atom. The first-order chi connectivity index (χ1) is 30.6. The van der Waals surface area contributed by atoms with Crippen molar-refractivity contribution in [3.8, 4) is 0 Å². The molecular formula is C57H104O5. The van der Waals surface area contributed by atoms with Gasteiger partial charge in [-0.2, -0.15) is 0 Å². The van der Waals surface area contributed by atoms with Crippen molar-refractivity contribution < 1.29 is 23.8 Å². The summed E-state index contributed by atoms with van der Waals surface area (Å²) >= 11 is 0. The summed E-state index contributed by atoms with van der Waals surface area (Å²) in [6, 6.07) is 0. The van der Waals surface area contributed by atoms with Crippen molar-refractivity contribution in [1.29, 1.82) is 0 Å². The Kier molecular flexibility index (Phi) is 51.4. The molecule has 0 unspecified atom stereocenters. The van der Waals surface area contributed by atoms with Crippen LogP contribution in [0.3, 0.4) is 0 Å². The minimum absolute atomic E-state index is 0.0687. The van der Waals surface area contributed by atoms with Crippen molar-refractivity contribution in [2.75, 3.05) is 19.8 Å². The Morgan fingerprint density at radius 3 is 1.16 bits per heavy atom. The van der Waals surface area contributed by atoms with Gasteiger partial charge < -0.3 is 14.2 Å². The van der Waals surface area contributed by atoms with Crippen LogP contribution in [0.1, 0.15) is 278 Å². The van der Waals surface area contributed by atoms with Crippen LogP contribution in [0.15, 0.2) is 48.6 Å². The molecule has 362 valence electrons. The van der Waals surface area contributed by atoms with E-state index >= 15 is 0 Å². The lowest BCUT2D eigenvalue weighted by atomic mass is 10.0. The number of hydrogen-bond acceptors (Lipinski definition) is 5. The van der Waals surface area contributed by atoms with Crippen molar-refractivity contribution in [3.05, 3.63) is 48.6 Å². The van der Waals surface area contributed by atoms with E-state index in [-0.39, 0.29) is 25.2 Å². The molecule has 0 spiro atoms. The van der Waals surface area contributed by atoms with Gasteiger partial charge in [-0.25, -0.2) is 0 Å². The van der Waals surface area contributed by atoms with Crippen LogP contribution >= 0.6 is 0 Å². The highest BCUT2D eigenvalue weighted by Crippen LogP contribution is 2.16. The van der Waals surface area contributed by atoms with Crippen molar-refractivity contribution in [2.24, 2.45) is 0 Å². The van der Waals surface area contributed by atoms with Gasteiger partial charge >= 0.3 is 11.9 Å². The molecule has 0 amide bonds. The van der Waals surface area contributed by atoms with Gasteiger partial charge in [0.25, 0.3) is 0 Å². The summed E-state index contributed by atoms with van der Waals surface area (Å²) in [5.41, 5.74) is 0. The molecule has 0 aliphatic rings. The van der Waals surface area contributed by atoms with Gasteiger partial charge in [-0.15, -0.1) is 0 Å². The quantitative estimate of drug-likeness (QED) is 0.0346. The number of allylic oxidation sites excluding steroid dienone is 8.